The van der Waals surface area contributed by atoms with E-state index in [1.54, 1.807) is 11.3 Å². The molecule has 26 heavy (non-hydrogen) atoms. The Morgan fingerprint density at radius 3 is 2.96 bits per heavy atom. The van der Waals surface area contributed by atoms with E-state index in [-0.39, 0.29) is 0 Å². The molecule has 0 radical (unpaired) electrons. The third-order valence-electron chi connectivity index (χ3n) is 5.97. The minimum absolute atomic E-state index is 0.349. The fourth-order valence-electron chi connectivity index (χ4n) is 4.50. The van der Waals surface area contributed by atoms with E-state index in [2.05, 4.69) is 32.5 Å². The molecule has 0 unspecified atom stereocenters. The Labute approximate surface area is 159 Å². The van der Waals surface area contributed by atoms with Crippen LogP contribution in [-0.2, 0) is 17.8 Å². The van der Waals surface area contributed by atoms with Gasteiger partial charge in [-0.3, -0.25) is 9.69 Å². The highest BCUT2D eigenvalue weighted by molar-refractivity contribution is 7.09. The van der Waals surface area contributed by atoms with Gasteiger partial charge in [-0.1, -0.05) is 11.2 Å². The summed E-state index contributed by atoms with van der Waals surface area (Å²) >= 11 is 1.79. The molecule has 0 aliphatic carbocycles. The smallest absolute Gasteiger partial charge is 0.222 e. The molecular formula is C20H27N3O2S. The van der Waals surface area contributed by atoms with Crippen LogP contribution in [0.25, 0.3) is 0 Å². The minimum Gasteiger partial charge on any atom is -0.361 e. The summed E-state index contributed by atoms with van der Waals surface area (Å²) in [4.78, 5) is 18.6. The van der Waals surface area contributed by atoms with E-state index in [1.807, 2.05) is 13.8 Å². The summed E-state index contributed by atoms with van der Waals surface area (Å²) in [7, 11) is 0. The van der Waals surface area contributed by atoms with E-state index in [0.717, 1.165) is 56.9 Å². The second kappa shape index (κ2) is 7.53. The molecule has 2 aliphatic rings. The second-order valence-electron chi connectivity index (χ2n) is 7.61. The topological polar surface area (TPSA) is 49.6 Å². The first-order valence-corrected chi connectivity index (χ1v) is 10.5. The molecule has 5 nitrogen and oxygen atoms in total. The molecule has 2 aromatic rings. The van der Waals surface area contributed by atoms with E-state index in [0.29, 0.717) is 24.3 Å². The maximum atomic E-state index is 12.5. The van der Waals surface area contributed by atoms with Gasteiger partial charge in [0.2, 0.25) is 5.91 Å². The van der Waals surface area contributed by atoms with Gasteiger partial charge in [0.05, 0.1) is 5.69 Å². The van der Waals surface area contributed by atoms with E-state index in [9.17, 15) is 4.79 Å². The normalized spacial score (nSPS) is 24.1. The fourth-order valence-corrected chi connectivity index (χ4v) is 5.20. The van der Waals surface area contributed by atoms with Crippen molar-refractivity contribution < 1.29 is 9.32 Å². The number of rotatable bonds is 5. The van der Waals surface area contributed by atoms with Gasteiger partial charge < -0.3 is 9.42 Å². The molecule has 0 aromatic carbocycles. The van der Waals surface area contributed by atoms with E-state index >= 15 is 0 Å². The van der Waals surface area contributed by atoms with Crippen molar-refractivity contribution in [3.8, 4) is 0 Å². The average Bonchev–Trinajstić information content (AvgIpc) is 3.26. The molecule has 140 valence electrons. The van der Waals surface area contributed by atoms with Crippen LogP contribution in [0.4, 0.5) is 0 Å². The molecule has 2 fully saturated rings. The van der Waals surface area contributed by atoms with Gasteiger partial charge in [0.15, 0.2) is 0 Å². The molecule has 0 saturated carbocycles. The molecule has 6 heteroatoms. The Bertz CT molecular complexity index is 736. The predicted molar refractivity (Wildman–Crippen MR) is 102 cm³/mol. The van der Waals surface area contributed by atoms with Gasteiger partial charge in [-0.15, -0.1) is 11.3 Å². The zero-order valence-electron chi connectivity index (χ0n) is 15.6. The number of amides is 1. The number of hydrogen-bond acceptors (Lipinski definition) is 5. The number of likely N-dealkylation sites (tertiary alicyclic amines) is 2. The summed E-state index contributed by atoms with van der Waals surface area (Å²) in [5, 5.41) is 6.19. The summed E-state index contributed by atoms with van der Waals surface area (Å²) < 4.78 is 5.31. The second-order valence-corrected chi connectivity index (χ2v) is 8.64. The van der Waals surface area contributed by atoms with Gasteiger partial charge in [0.25, 0.3) is 0 Å². The van der Waals surface area contributed by atoms with E-state index < -0.39 is 0 Å². The van der Waals surface area contributed by atoms with Gasteiger partial charge in [-0.25, -0.2) is 0 Å². The van der Waals surface area contributed by atoms with Crippen molar-refractivity contribution in [1.29, 1.82) is 0 Å². The summed E-state index contributed by atoms with van der Waals surface area (Å²) in [6, 6.07) is 4.67. The quantitative estimate of drug-likeness (QED) is 0.806. The summed E-state index contributed by atoms with van der Waals surface area (Å²) in [5.41, 5.74) is 2.23. The summed E-state index contributed by atoms with van der Waals surface area (Å²) in [6.07, 6.45) is 3.78. The number of carbonyl (C=O) groups is 1. The van der Waals surface area contributed by atoms with Crippen molar-refractivity contribution in [2.45, 2.75) is 52.1 Å². The third-order valence-corrected chi connectivity index (χ3v) is 6.91. The van der Waals surface area contributed by atoms with Gasteiger partial charge in [0, 0.05) is 49.1 Å². The SMILES string of the molecule is Cc1noc(C)c1CN1CC[C@@H]2[C@@H](CCC(=O)N2CCc2cccs2)C1. The Balaban J connectivity index is 1.39. The minimum atomic E-state index is 0.349. The van der Waals surface area contributed by atoms with Gasteiger partial charge in [-0.2, -0.15) is 0 Å². The van der Waals surface area contributed by atoms with Crippen LogP contribution in [0.15, 0.2) is 22.0 Å². The van der Waals surface area contributed by atoms with Gasteiger partial charge in [0.1, 0.15) is 5.76 Å². The first-order valence-electron chi connectivity index (χ1n) is 9.58. The zero-order chi connectivity index (χ0) is 18.1. The van der Waals surface area contributed by atoms with Crippen LogP contribution in [-0.4, -0.2) is 46.5 Å². The van der Waals surface area contributed by atoms with Crippen LogP contribution < -0.4 is 0 Å². The molecule has 0 bridgehead atoms. The number of thiophene rings is 1. The summed E-state index contributed by atoms with van der Waals surface area (Å²) in [5.74, 6) is 1.87. The maximum Gasteiger partial charge on any atom is 0.222 e. The molecule has 4 rings (SSSR count). The molecule has 1 amide bonds. The molecular weight excluding hydrogens is 346 g/mol. The Morgan fingerprint density at radius 1 is 1.35 bits per heavy atom. The Morgan fingerprint density at radius 2 is 2.23 bits per heavy atom. The first-order chi connectivity index (χ1) is 12.6. The largest absolute Gasteiger partial charge is 0.361 e. The van der Waals surface area contributed by atoms with Crippen LogP contribution in [0.3, 0.4) is 0 Å². The number of piperidine rings is 2. The van der Waals surface area contributed by atoms with E-state index in [1.165, 1.54) is 10.4 Å². The number of aryl methyl sites for hydroxylation is 2. The van der Waals surface area contributed by atoms with Crippen molar-refractivity contribution >= 4 is 17.2 Å². The van der Waals surface area contributed by atoms with Crippen LogP contribution in [0.1, 0.15) is 41.2 Å². The predicted octanol–water partition coefficient (Wildman–Crippen LogP) is 3.41. The van der Waals surface area contributed by atoms with Crippen LogP contribution in [0.2, 0.25) is 0 Å². The van der Waals surface area contributed by atoms with Gasteiger partial charge in [-0.05, 0) is 50.5 Å². The maximum absolute atomic E-state index is 12.5. The number of hydrogen-bond donors (Lipinski definition) is 0. The van der Waals surface area contributed by atoms with Crippen LogP contribution >= 0.6 is 11.3 Å². The molecule has 2 saturated heterocycles. The molecule has 0 N–H and O–H groups in total. The monoisotopic (exact) mass is 373 g/mol. The first kappa shape index (κ1) is 17.7. The fraction of sp³-hybridized carbons (Fsp3) is 0.600. The number of fused-ring (bicyclic) bond motifs is 1. The highest BCUT2D eigenvalue weighted by Crippen LogP contribution is 2.32. The number of carbonyl (C=O) groups excluding carboxylic acids is 1. The molecule has 2 aliphatic heterocycles. The van der Waals surface area contributed by atoms with Crippen molar-refractivity contribution in [2.24, 2.45) is 5.92 Å². The van der Waals surface area contributed by atoms with Crippen molar-refractivity contribution in [3.63, 3.8) is 0 Å². The van der Waals surface area contributed by atoms with Crippen molar-refractivity contribution in [2.75, 3.05) is 19.6 Å². The standard InChI is InChI=1S/C20H27N3O2S/c1-14-18(15(2)25-21-14)13-22-9-8-19-16(12-22)5-6-20(24)23(19)10-7-17-4-3-11-26-17/h3-4,11,16,19H,5-10,12-13H2,1-2H3/t16-,19+/m0/s1. The lowest BCUT2D eigenvalue weighted by Crippen LogP contribution is -2.56. The summed E-state index contributed by atoms with van der Waals surface area (Å²) in [6.45, 7) is 7.89. The van der Waals surface area contributed by atoms with Crippen molar-refractivity contribution in [3.05, 3.63) is 39.4 Å². The molecule has 0 spiro atoms. The lowest BCUT2D eigenvalue weighted by Gasteiger charge is -2.47. The van der Waals surface area contributed by atoms with Crippen molar-refractivity contribution in [1.82, 2.24) is 15.0 Å². The van der Waals surface area contributed by atoms with Gasteiger partial charge >= 0.3 is 0 Å². The zero-order valence-corrected chi connectivity index (χ0v) is 16.4. The molecule has 4 heterocycles. The Kier molecular flexibility index (Phi) is 5.14. The lowest BCUT2D eigenvalue weighted by molar-refractivity contribution is -0.141. The number of nitrogens with zero attached hydrogens (tertiary/aromatic N) is 3. The molecule has 2 atom stereocenters. The van der Waals surface area contributed by atoms with E-state index in [4.69, 9.17) is 4.52 Å². The number of aromatic nitrogens is 1. The average molecular weight is 374 g/mol. The van der Waals surface area contributed by atoms with Crippen LogP contribution in [0, 0.1) is 19.8 Å². The lowest BCUT2D eigenvalue weighted by atomic mass is 9.83. The third kappa shape index (κ3) is 3.58. The molecule has 2 aromatic heterocycles. The van der Waals surface area contributed by atoms with Crippen LogP contribution in [0.5, 0.6) is 0 Å². The highest BCUT2D eigenvalue weighted by Gasteiger charge is 2.39. The Hall–Kier alpha value is -1.66. The highest BCUT2D eigenvalue weighted by atomic mass is 32.1.